The number of aliphatic hydroxyl groups excluding tert-OH is 1. The number of ether oxygens (including phenoxy) is 6. The number of rotatable bonds is 16. The largest absolute Gasteiger partial charge is 0.497 e. The molecule has 0 amide bonds. The molecule has 2 aliphatic heterocycles. The van der Waals surface area contributed by atoms with E-state index >= 15 is 0 Å². The maximum Gasteiger partial charge on any atom is 0.340 e. The van der Waals surface area contributed by atoms with Gasteiger partial charge in [0, 0.05) is 24.0 Å². The first-order valence-corrected chi connectivity index (χ1v) is 16.7. The number of hydrogen-bond donors (Lipinski definition) is 1. The van der Waals surface area contributed by atoms with E-state index in [1.165, 1.54) is 25.7 Å². The van der Waals surface area contributed by atoms with Crippen molar-refractivity contribution in [3.8, 4) is 5.75 Å². The van der Waals surface area contributed by atoms with Crippen molar-refractivity contribution in [1.29, 1.82) is 0 Å². The van der Waals surface area contributed by atoms with Crippen molar-refractivity contribution in [1.82, 2.24) is 0 Å². The van der Waals surface area contributed by atoms with Gasteiger partial charge in [0.25, 0.3) is 5.95 Å². The van der Waals surface area contributed by atoms with E-state index in [9.17, 15) is 14.7 Å². The first-order valence-electron chi connectivity index (χ1n) is 16.7. The number of carbonyl (C=O) groups is 2. The van der Waals surface area contributed by atoms with E-state index in [1.54, 1.807) is 48.7 Å². The molecule has 9 nitrogen and oxygen atoms in total. The van der Waals surface area contributed by atoms with Gasteiger partial charge in [-0.2, -0.15) is 0 Å². The second-order valence-electron chi connectivity index (χ2n) is 14.4. The summed E-state index contributed by atoms with van der Waals surface area (Å²) in [4.78, 5) is 28.0. The molecule has 0 aromatic heterocycles. The molecule has 2 aliphatic rings. The summed E-state index contributed by atoms with van der Waals surface area (Å²) in [5.74, 6) is -3.64. The van der Waals surface area contributed by atoms with E-state index in [4.69, 9.17) is 28.4 Å². The summed E-state index contributed by atoms with van der Waals surface area (Å²) in [6, 6.07) is 7.47. The summed E-state index contributed by atoms with van der Waals surface area (Å²) in [5.41, 5.74) is -1.65. The standard InChI is InChI=1S/C37H56O9/c1-10-11-12-13-14-15-16-17-29-26(2)37(44-31(29)38)24-30(32(39)43-34(3,4)5)36(46-37,33(40)45-35(6,7)8)22-23-42-25-27-18-20-28(41-9)21-19-27/h18-21,30,38H,2,10-17,22-25H2,1,3-9H3/t30-,36+,37+/m1/s1. The van der Waals surface area contributed by atoms with Crippen LogP contribution in [-0.4, -0.2) is 53.4 Å². The summed E-state index contributed by atoms with van der Waals surface area (Å²) in [6.45, 7) is 17.4. The number of methoxy groups -OCH3 is 1. The van der Waals surface area contributed by atoms with Crippen LogP contribution in [0.25, 0.3) is 0 Å². The average molecular weight is 645 g/mol. The van der Waals surface area contributed by atoms with E-state index in [0.717, 1.165) is 30.6 Å². The number of aliphatic hydroxyl groups is 1. The fourth-order valence-electron chi connectivity index (χ4n) is 5.90. The number of unbranched alkanes of at least 4 members (excludes halogenated alkanes) is 6. The van der Waals surface area contributed by atoms with Gasteiger partial charge in [-0.25, -0.2) is 4.79 Å². The van der Waals surface area contributed by atoms with Crippen molar-refractivity contribution in [2.45, 2.75) is 142 Å². The maximum absolute atomic E-state index is 14.1. The van der Waals surface area contributed by atoms with Crippen molar-refractivity contribution in [2.24, 2.45) is 5.92 Å². The molecule has 3 atom stereocenters. The molecular weight excluding hydrogens is 588 g/mol. The summed E-state index contributed by atoms with van der Waals surface area (Å²) in [5, 5.41) is 11.0. The van der Waals surface area contributed by atoms with Gasteiger partial charge in [-0.3, -0.25) is 4.79 Å². The van der Waals surface area contributed by atoms with Crippen molar-refractivity contribution < 1.29 is 43.1 Å². The van der Waals surface area contributed by atoms with Crippen molar-refractivity contribution >= 4 is 11.9 Å². The molecule has 0 bridgehead atoms. The highest BCUT2D eigenvalue weighted by molar-refractivity contribution is 5.89. The Labute approximate surface area is 275 Å². The van der Waals surface area contributed by atoms with Crippen molar-refractivity contribution in [2.75, 3.05) is 13.7 Å². The third-order valence-electron chi connectivity index (χ3n) is 8.24. The van der Waals surface area contributed by atoms with Crippen LogP contribution in [0, 0.1) is 5.92 Å². The molecule has 9 heteroatoms. The Morgan fingerprint density at radius 3 is 2.15 bits per heavy atom. The Balaban J connectivity index is 1.87. The predicted molar refractivity (Wildman–Crippen MR) is 176 cm³/mol. The normalized spacial score (nSPS) is 23.1. The van der Waals surface area contributed by atoms with Crippen molar-refractivity contribution in [3.05, 3.63) is 53.5 Å². The predicted octanol–water partition coefficient (Wildman–Crippen LogP) is 8.25. The lowest BCUT2D eigenvalue weighted by Crippen LogP contribution is -2.52. The first-order chi connectivity index (χ1) is 21.6. The minimum Gasteiger partial charge on any atom is -0.497 e. The topological polar surface area (TPSA) is 110 Å². The first kappa shape index (κ1) is 37.4. The number of benzene rings is 1. The molecule has 0 aliphatic carbocycles. The van der Waals surface area contributed by atoms with E-state index < -0.39 is 40.4 Å². The summed E-state index contributed by atoms with van der Waals surface area (Å²) < 4.78 is 35.6. The molecule has 258 valence electrons. The number of hydrogen-bond acceptors (Lipinski definition) is 9. The molecule has 1 N–H and O–H groups in total. The lowest BCUT2D eigenvalue weighted by Gasteiger charge is -2.36. The zero-order valence-corrected chi connectivity index (χ0v) is 29.3. The van der Waals surface area contributed by atoms with Crippen LogP contribution in [0.5, 0.6) is 5.75 Å². The molecule has 0 unspecified atom stereocenters. The van der Waals surface area contributed by atoms with E-state index in [2.05, 4.69) is 13.5 Å². The van der Waals surface area contributed by atoms with E-state index in [0.29, 0.717) is 17.6 Å². The summed E-state index contributed by atoms with van der Waals surface area (Å²) in [7, 11) is 1.60. The maximum atomic E-state index is 14.1. The number of esters is 2. The van der Waals surface area contributed by atoms with Gasteiger partial charge in [0.15, 0.2) is 5.60 Å². The third kappa shape index (κ3) is 9.74. The van der Waals surface area contributed by atoms with Crippen LogP contribution in [-0.2, 0) is 39.9 Å². The molecular formula is C37H56O9. The van der Waals surface area contributed by atoms with Gasteiger partial charge in [0.1, 0.15) is 22.9 Å². The fourth-order valence-corrected chi connectivity index (χ4v) is 5.90. The molecule has 3 rings (SSSR count). The second kappa shape index (κ2) is 15.7. The second-order valence-corrected chi connectivity index (χ2v) is 14.4. The molecule has 1 aromatic carbocycles. The molecule has 2 heterocycles. The smallest absolute Gasteiger partial charge is 0.340 e. The van der Waals surface area contributed by atoms with Crippen LogP contribution in [0.4, 0.5) is 0 Å². The van der Waals surface area contributed by atoms with Gasteiger partial charge < -0.3 is 33.5 Å². The molecule has 0 radical (unpaired) electrons. The zero-order chi connectivity index (χ0) is 34.2. The van der Waals surface area contributed by atoms with E-state index in [1.807, 2.05) is 24.3 Å². The Morgan fingerprint density at radius 2 is 1.57 bits per heavy atom. The Kier molecular flexibility index (Phi) is 12.8. The fraction of sp³-hybridized carbons (Fsp3) is 0.676. The van der Waals surface area contributed by atoms with Crippen LogP contribution in [0.2, 0.25) is 0 Å². The molecule has 1 aromatic rings. The van der Waals surface area contributed by atoms with Crippen LogP contribution >= 0.6 is 0 Å². The highest BCUT2D eigenvalue weighted by atomic mass is 16.8. The van der Waals surface area contributed by atoms with Crippen LogP contribution in [0.3, 0.4) is 0 Å². The Bertz CT molecular complexity index is 1220. The molecule has 1 spiro atoms. The minimum atomic E-state index is -1.83. The summed E-state index contributed by atoms with van der Waals surface area (Å²) >= 11 is 0. The van der Waals surface area contributed by atoms with Crippen LogP contribution in [0.15, 0.2) is 47.9 Å². The highest BCUT2D eigenvalue weighted by Gasteiger charge is 2.68. The molecule has 1 fully saturated rings. The Hall–Kier alpha value is -3.04. The lowest BCUT2D eigenvalue weighted by atomic mass is 9.82. The van der Waals surface area contributed by atoms with Gasteiger partial charge >= 0.3 is 11.9 Å². The Morgan fingerprint density at radius 1 is 0.957 bits per heavy atom. The minimum absolute atomic E-state index is 0.0196. The van der Waals surface area contributed by atoms with Crippen LogP contribution in [0.1, 0.15) is 118 Å². The van der Waals surface area contributed by atoms with Crippen LogP contribution < -0.4 is 4.74 Å². The van der Waals surface area contributed by atoms with Gasteiger partial charge in [-0.1, -0.05) is 64.2 Å². The lowest BCUT2D eigenvalue weighted by molar-refractivity contribution is -0.236. The number of carbonyl (C=O) groups excluding carboxylic acids is 2. The third-order valence-corrected chi connectivity index (χ3v) is 8.24. The van der Waals surface area contributed by atoms with Gasteiger partial charge in [0.2, 0.25) is 5.79 Å². The monoisotopic (exact) mass is 644 g/mol. The average Bonchev–Trinajstić information content (AvgIpc) is 3.42. The van der Waals surface area contributed by atoms with Gasteiger partial charge in [0.05, 0.1) is 20.3 Å². The summed E-state index contributed by atoms with van der Waals surface area (Å²) in [6.07, 6.45) is 8.25. The van der Waals surface area contributed by atoms with E-state index in [-0.39, 0.29) is 32.0 Å². The SMILES string of the molecule is C=C1C(CCCCCCCCC)=C(O)O[C@]12C[C@H](C(=O)OC(C)(C)C)[C@@](CCOCc1ccc(OC)cc1)(C(=O)OC(C)(C)C)O2. The molecule has 0 saturated carbocycles. The van der Waals surface area contributed by atoms with Crippen molar-refractivity contribution in [3.63, 3.8) is 0 Å². The zero-order valence-electron chi connectivity index (χ0n) is 29.3. The van der Waals surface area contributed by atoms with Gasteiger partial charge in [-0.05, 0) is 72.1 Å². The quantitative estimate of drug-likeness (QED) is 0.140. The molecule has 46 heavy (non-hydrogen) atoms. The molecule has 1 saturated heterocycles. The van der Waals surface area contributed by atoms with Gasteiger partial charge in [-0.15, -0.1) is 0 Å². The highest BCUT2D eigenvalue weighted by Crippen LogP contribution is 2.55.